The first-order valence-electron chi connectivity index (χ1n) is 6.89. The van der Waals surface area contributed by atoms with Crippen molar-refractivity contribution in [3.05, 3.63) is 22.8 Å². The van der Waals surface area contributed by atoms with Gasteiger partial charge < -0.3 is 10.4 Å². The highest BCUT2D eigenvalue weighted by atomic mass is 16.3. The minimum atomic E-state index is -0.344. The van der Waals surface area contributed by atoms with Crippen molar-refractivity contribution in [1.82, 2.24) is 20.5 Å². The molecule has 20 heavy (non-hydrogen) atoms. The van der Waals surface area contributed by atoms with Crippen LogP contribution in [-0.4, -0.2) is 26.2 Å². The Balaban J connectivity index is 1.95. The average Bonchev–Trinajstić information content (AvgIpc) is 2.88. The van der Waals surface area contributed by atoms with Crippen molar-refractivity contribution in [2.45, 2.75) is 53.2 Å². The standard InChI is InChI=1S/C14H22N4O2/c1-9-4-5-14(3,6-10(9)2)13(20)15-7-11-16-12(8-19)18-17-11/h19H,4-8H2,1-3H3,(H,15,20)(H,16,17,18). The number of aliphatic hydroxyl groups is 1. The molecule has 0 bridgehead atoms. The number of hydrogen-bond donors (Lipinski definition) is 3. The third-order valence-electron chi connectivity index (χ3n) is 4.12. The van der Waals surface area contributed by atoms with E-state index < -0.39 is 0 Å². The van der Waals surface area contributed by atoms with E-state index in [0.717, 1.165) is 19.3 Å². The normalized spacial score (nSPS) is 23.0. The summed E-state index contributed by atoms with van der Waals surface area (Å²) in [6.07, 6.45) is 2.66. The van der Waals surface area contributed by atoms with Crippen molar-refractivity contribution in [2.24, 2.45) is 5.41 Å². The second-order valence-electron chi connectivity index (χ2n) is 5.84. The highest BCUT2D eigenvalue weighted by Crippen LogP contribution is 2.38. The van der Waals surface area contributed by atoms with E-state index in [4.69, 9.17) is 5.11 Å². The van der Waals surface area contributed by atoms with E-state index >= 15 is 0 Å². The first-order chi connectivity index (χ1) is 9.44. The smallest absolute Gasteiger partial charge is 0.226 e. The number of H-pyrrole nitrogens is 1. The van der Waals surface area contributed by atoms with Crippen LogP contribution in [0.2, 0.25) is 0 Å². The zero-order valence-corrected chi connectivity index (χ0v) is 12.3. The Morgan fingerprint density at radius 3 is 2.80 bits per heavy atom. The molecule has 6 heteroatoms. The number of aliphatic hydroxyl groups excluding tert-OH is 1. The lowest BCUT2D eigenvalue weighted by Crippen LogP contribution is -2.40. The molecule has 1 atom stereocenters. The Kier molecular flexibility index (Phi) is 4.23. The Morgan fingerprint density at radius 2 is 2.20 bits per heavy atom. The molecule has 1 unspecified atom stereocenters. The molecule has 0 radical (unpaired) electrons. The first-order valence-corrected chi connectivity index (χ1v) is 6.89. The van der Waals surface area contributed by atoms with Crippen molar-refractivity contribution in [2.75, 3.05) is 0 Å². The summed E-state index contributed by atoms with van der Waals surface area (Å²) >= 11 is 0. The van der Waals surface area contributed by atoms with Gasteiger partial charge in [-0.15, -0.1) is 0 Å². The minimum Gasteiger partial charge on any atom is -0.388 e. The lowest BCUT2D eigenvalue weighted by Gasteiger charge is -2.33. The number of nitrogens with one attached hydrogen (secondary N) is 2. The van der Waals surface area contributed by atoms with Gasteiger partial charge in [-0.25, -0.2) is 4.98 Å². The van der Waals surface area contributed by atoms with Gasteiger partial charge in [-0.3, -0.25) is 9.89 Å². The van der Waals surface area contributed by atoms with Gasteiger partial charge in [0.05, 0.1) is 12.0 Å². The van der Waals surface area contributed by atoms with E-state index in [1.807, 2.05) is 6.92 Å². The van der Waals surface area contributed by atoms with Crippen LogP contribution in [0.1, 0.15) is 51.7 Å². The van der Waals surface area contributed by atoms with Gasteiger partial charge in [-0.05, 0) is 33.1 Å². The summed E-state index contributed by atoms with van der Waals surface area (Å²) in [5.74, 6) is 0.948. The van der Waals surface area contributed by atoms with Gasteiger partial charge in [-0.2, -0.15) is 5.10 Å². The summed E-state index contributed by atoms with van der Waals surface area (Å²) in [5, 5.41) is 18.3. The molecule has 0 aliphatic heterocycles. The van der Waals surface area contributed by atoms with Gasteiger partial charge >= 0.3 is 0 Å². The highest BCUT2D eigenvalue weighted by molar-refractivity contribution is 5.82. The largest absolute Gasteiger partial charge is 0.388 e. The molecule has 0 spiro atoms. The number of rotatable bonds is 4. The van der Waals surface area contributed by atoms with Gasteiger partial charge in [-0.1, -0.05) is 18.1 Å². The number of allylic oxidation sites excluding steroid dienone is 2. The summed E-state index contributed by atoms with van der Waals surface area (Å²) in [4.78, 5) is 16.4. The molecular formula is C14H22N4O2. The van der Waals surface area contributed by atoms with Gasteiger partial charge in [0.25, 0.3) is 0 Å². The highest BCUT2D eigenvalue weighted by Gasteiger charge is 2.35. The molecule has 1 aromatic rings. The SMILES string of the molecule is CC1=C(C)CC(C)(C(=O)NCc2nc(CO)n[nH]2)CC1. The molecule has 0 saturated heterocycles. The van der Waals surface area contributed by atoms with E-state index in [-0.39, 0.29) is 17.9 Å². The Labute approximate surface area is 118 Å². The Morgan fingerprint density at radius 1 is 1.45 bits per heavy atom. The van der Waals surface area contributed by atoms with E-state index in [0.29, 0.717) is 18.2 Å². The van der Waals surface area contributed by atoms with Crippen LogP contribution in [0.3, 0.4) is 0 Å². The summed E-state index contributed by atoms with van der Waals surface area (Å²) in [6.45, 7) is 6.36. The molecule has 110 valence electrons. The van der Waals surface area contributed by atoms with E-state index in [9.17, 15) is 4.79 Å². The number of hydrogen-bond acceptors (Lipinski definition) is 4. The second kappa shape index (κ2) is 5.75. The average molecular weight is 278 g/mol. The van der Waals surface area contributed by atoms with Crippen LogP contribution >= 0.6 is 0 Å². The number of aromatic nitrogens is 3. The quantitative estimate of drug-likeness (QED) is 0.727. The summed E-state index contributed by atoms with van der Waals surface area (Å²) in [6, 6.07) is 0. The van der Waals surface area contributed by atoms with Gasteiger partial charge in [0.2, 0.25) is 5.91 Å². The van der Waals surface area contributed by atoms with Crippen LogP contribution in [0.25, 0.3) is 0 Å². The van der Waals surface area contributed by atoms with E-state index in [2.05, 4.69) is 34.3 Å². The summed E-state index contributed by atoms with van der Waals surface area (Å²) < 4.78 is 0. The van der Waals surface area contributed by atoms with Gasteiger partial charge in [0.15, 0.2) is 5.82 Å². The molecule has 1 amide bonds. The van der Waals surface area contributed by atoms with Crippen molar-refractivity contribution in [3.8, 4) is 0 Å². The molecule has 1 aliphatic rings. The van der Waals surface area contributed by atoms with Crippen LogP contribution in [0.15, 0.2) is 11.1 Å². The maximum Gasteiger partial charge on any atom is 0.226 e. The lowest BCUT2D eigenvalue weighted by atomic mass is 9.73. The molecule has 0 aromatic carbocycles. The number of aromatic amines is 1. The molecule has 6 nitrogen and oxygen atoms in total. The third kappa shape index (κ3) is 3.07. The van der Waals surface area contributed by atoms with Crippen molar-refractivity contribution < 1.29 is 9.90 Å². The van der Waals surface area contributed by atoms with Crippen molar-refractivity contribution in [3.63, 3.8) is 0 Å². The zero-order valence-electron chi connectivity index (χ0n) is 12.3. The minimum absolute atomic E-state index is 0.0475. The van der Waals surface area contributed by atoms with Crippen LogP contribution in [0.5, 0.6) is 0 Å². The fourth-order valence-electron chi connectivity index (χ4n) is 2.56. The van der Waals surface area contributed by atoms with Crippen LogP contribution in [-0.2, 0) is 17.9 Å². The van der Waals surface area contributed by atoms with Gasteiger partial charge in [0.1, 0.15) is 12.4 Å². The summed E-state index contributed by atoms with van der Waals surface area (Å²) in [5.41, 5.74) is 2.37. The number of nitrogens with zero attached hydrogens (tertiary/aromatic N) is 2. The lowest BCUT2D eigenvalue weighted by molar-refractivity contribution is -0.131. The molecule has 3 N–H and O–H groups in total. The molecule has 1 heterocycles. The fraction of sp³-hybridized carbons (Fsp3) is 0.643. The topological polar surface area (TPSA) is 90.9 Å². The zero-order chi connectivity index (χ0) is 14.8. The van der Waals surface area contributed by atoms with E-state index in [1.165, 1.54) is 11.1 Å². The van der Waals surface area contributed by atoms with Gasteiger partial charge in [0, 0.05) is 0 Å². The maximum absolute atomic E-state index is 12.4. The molecular weight excluding hydrogens is 256 g/mol. The summed E-state index contributed by atoms with van der Waals surface area (Å²) in [7, 11) is 0. The Hall–Kier alpha value is -1.69. The predicted octanol–water partition coefficient (Wildman–Crippen LogP) is 1.44. The fourth-order valence-corrected chi connectivity index (χ4v) is 2.56. The van der Waals surface area contributed by atoms with Crippen LogP contribution in [0, 0.1) is 5.41 Å². The predicted molar refractivity (Wildman–Crippen MR) is 74.5 cm³/mol. The number of amides is 1. The maximum atomic E-state index is 12.4. The monoisotopic (exact) mass is 278 g/mol. The van der Waals surface area contributed by atoms with E-state index in [1.54, 1.807) is 0 Å². The molecule has 1 aliphatic carbocycles. The van der Waals surface area contributed by atoms with Crippen molar-refractivity contribution in [1.29, 1.82) is 0 Å². The molecule has 0 fully saturated rings. The number of carbonyl (C=O) groups excluding carboxylic acids is 1. The molecule has 0 saturated carbocycles. The second-order valence-corrected chi connectivity index (χ2v) is 5.84. The van der Waals surface area contributed by atoms with Crippen molar-refractivity contribution >= 4 is 5.91 Å². The first kappa shape index (κ1) is 14.7. The molecule has 2 rings (SSSR count). The number of carbonyl (C=O) groups is 1. The Bertz CT molecular complexity index is 535. The van der Waals surface area contributed by atoms with Crippen LogP contribution < -0.4 is 5.32 Å². The third-order valence-corrected chi connectivity index (χ3v) is 4.12. The van der Waals surface area contributed by atoms with Crippen LogP contribution in [0.4, 0.5) is 0 Å². The molecule has 1 aromatic heterocycles.